The maximum atomic E-state index is 13.2. The van der Waals surface area contributed by atoms with Gasteiger partial charge in [-0.1, -0.05) is 0 Å². The summed E-state index contributed by atoms with van der Waals surface area (Å²) >= 11 is 0. The average molecular weight is 244 g/mol. The van der Waals surface area contributed by atoms with E-state index in [1.54, 1.807) is 0 Å². The molecule has 0 amide bonds. The van der Waals surface area contributed by atoms with Gasteiger partial charge in [0.2, 0.25) is 0 Å². The van der Waals surface area contributed by atoms with Crippen LogP contribution in [0.15, 0.2) is 18.2 Å². The lowest BCUT2D eigenvalue weighted by atomic mass is 10.2. The molecular formula is C10H13FN2O4. The zero-order valence-electron chi connectivity index (χ0n) is 9.04. The summed E-state index contributed by atoms with van der Waals surface area (Å²) in [6, 6.07) is 3.15. The van der Waals surface area contributed by atoms with Gasteiger partial charge < -0.3 is 15.1 Å². The van der Waals surface area contributed by atoms with Crippen LogP contribution in [-0.2, 0) is 0 Å². The number of nitrogens with zero attached hydrogens (tertiary/aromatic N) is 2. The molecule has 0 unspecified atom stereocenters. The highest BCUT2D eigenvalue weighted by Crippen LogP contribution is 2.23. The first-order chi connectivity index (χ1) is 8.08. The van der Waals surface area contributed by atoms with Crippen molar-refractivity contribution in [3.63, 3.8) is 0 Å². The van der Waals surface area contributed by atoms with E-state index in [0.29, 0.717) is 0 Å². The standard InChI is InChI=1S/C10H13FN2O4/c11-8-5-9(7-10(6-8)13(16)17)12(1-3-14)2-4-15/h5-7,14-15H,1-4H2. The first-order valence-electron chi connectivity index (χ1n) is 5.00. The number of non-ortho nitro benzene ring substituents is 1. The predicted molar refractivity (Wildman–Crippen MR) is 59.4 cm³/mol. The van der Waals surface area contributed by atoms with E-state index < -0.39 is 10.7 Å². The van der Waals surface area contributed by atoms with Gasteiger partial charge in [0.25, 0.3) is 5.69 Å². The van der Waals surface area contributed by atoms with Crippen LogP contribution in [0.25, 0.3) is 0 Å². The minimum atomic E-state index is -0.727. The topological polar surface area (TPSA) is 86.8 Å². The molecule has 0 heterocycles. The van der Waals surface area contributed by atoms with Crippen molar-refractivity contribution in [3.05, 3.63) is 34.1 Å². The van der Waals surface area contributed by atoms with Crippen LogP contribution in [0.2, 0.25) is 0 Å². The molecule has 17 heavy (non-hydrogen) atoms. The first-order valence-corrected chi connectivity index (χ1v) is 5.00. The Morgan fingerprint density at radius 3 is 2.29 bits per heavy atom. The Bertz CT molecular complexity index is 394. The summed E-state index contributed by atoms with van der Waals surface area (Å²) in [7, 11) is 0. The lowest BCUT2D eigenvalue weighted by Crippen LogP contribution is -2.29. The number of aliphatic hydroxyl groups excluding tert-OH is 2. The summed E-state index contributed by atoms with van der Waals surface area (Å²) in [5.41, 5.74) is -0.0966. The molecule has 0 saturated carbocycles. The van der Waals surface area contributed by atoms with Crippen LogP contribution in [0.1, 0.15) is 0 Å². The quantitative estimate of drug-likeness (QED) is 0.563. The number of benzene rings is 1. The molecule has 7 heteroatoms. The van der Waals surface area contributed by atoms with Crippen molar-refractivity contribution in [2.75, 3.05) is 31.2 Å². The van der Waals surface area contributed by atoms with Gasteiger partial charge in [0, 0.05) is 24.8 Å². The van der Waals surface area contributed by atoms with E-state index in [2.05, 4.69) is 0 Å². The van der Waals surface area contributed by atoms with Crippen molar-refractivity contribution in [3.8, 4) is 0 Å². The molecule has 0 aliphatic heterocycles. The molecule has 0 radical (unpaired) electrons. The molecule has 0 aliphatic rings. The van der Waals surface area contributed by atoms with Crippen molar-refractivity contribution in [2.24, 2.45) is 0 Å². The lowest BCUT2D eigenvalue weighted by Gasteiger charge is -2.22. The Hall–Kier alpha value is -1.73. The van der Waals surface area contributed by atoms with Crippen molar-refractivity contribution in [1.82, 2.24) is 0 Å². The molecule has 1 rings (SSSR count). The fourth-order valence-electron chi connectivity index (χ4n) is 1.46. The molecule has 6 nitrogen and oxygen atoms in total. The fourth-order valence-corrected chi connectivity index (χ4v) is 1.46. The monoisotopic (exact) mass is 244 g/mol. The van der Waals surface area contributed by atoms with Gasteiger partial charge in [-0.05, 0) is 6.07 Å². The van der Waals surface area contributed by atoms with Crippen molar-refractivity contribution < 1.29 is 19.5 Å². The molecule has 94 valence electrons. The molecule has 2 N–H and O–H groups in total. The summed E-state index contributed by atoms with van der Waals surface area (Å²) in [6.07, 6.45) is 0. The number of nitro benzene ring substituents is 1. The Kier molecular flexibility index (Phi) is 4.80. The number of hydrogen-bond acceptors (Lipinski definition) is 5. The van der Waals surface area contributed by atoms with Gasteiger partial charge in [0.1, 0.15) is 5.82 Å². The van der Waals surface area contributed by atoms with Crippen LogP contribution < -0.4 is 4.90 Å². The second-order valence-corrected chi connectivity index (χ2v) is 3.36. The largest absolute Gasteiger partial charge is 0.395 e. The van der Waals surface area contributed by atoms with Gasteiger partial charge in [-0.15, -0.1) is 0 Å². The Labute approximate surface area is 97.1 Å². The van der Waals surface area contributed by atoms with Gasteiger partial charge in [-0.2, -0.15) is 0 Å². The predicted octanol–water partition coefficient (Wildman–Crippen LogP) is 0.525. The van der Waals surface area contributed by atoms with E-state index in [9.17, 15) is 14.5 Å². The molecule has 0 bridgehead atoms. The molecule has 0 aromatic heterocycles. The second-order valence-electron chi connectivity index (χ2n) is 3.36. The molecule has 1 aromatic carbocycles. The fraction of sp³-hybridized carbons (Fsp3) is 0.400. The van der Waals surface area contributed by atoms with Crippen molar-refractivity contribution >= 4 is 11.4 Å². The molecule has 0 spiro atoms. The minimum Gasteiger partial charge on any atom is -0.395 e. The highest BCUT2D eigenvalue weighted by Gasteiger charge is 2.13. The van der Waals surface area contributed by atoms with Gasteiger partial charge in [0.05, 0.1) is 24.2 Å². The molecule has 0 saturated heterocycles. The van der Waals surface area contributed by atoms with Crippen LogP contribution in [0, 0.1) is 15.9 Å². The Morgan fingerprint density at radius 1 is 1.24 bits per heavy atom. The summed E-state index contributed by atoms with van der Waals surface area (Å²) in [5.74, 6) is -0.727. The molecular weight excluding hydrogens is 231 g/mol. The van der Waals surface area contributed by atoms with Gasteiger partial charge in [0.15, 0.2) is 0 Å². The van der Waals surface area contributed by atoms with Crippen LogP contribution in [0.4, 0.5) is 15.8 Å². The number of nitro groups is 1. The Morgan fingerprint density at radius 2 is 1.82 bits per heavy atom. The van der Waals surface area contributed by atoms with E-state index in [1.165, 1.54) is 11.0 Å². The van der Waals surface area contributed by atoms with E-state index in [0.717, 1.165) is 12.1 Å². The van der Waals surface area contributed by atoms with E-state index >= 15 is 0 Å². The molecule has 0 atom stereocenters. The normalized spacial score (nSPS) is 10.3. The third kappa shape index (κ3) is 3.65. The van der Waals surface area contributed by atoms with Crippen LogP contribution in [-0.4, -0.2) is 41.4 Å². The zero-order chi connectivity index (χ0) is 12.8. The van der Waals surface area contributed by atoms with E-state index in [-0.39, 0.29) is 37.7 Å². The minimum absolute atomic E-state index is 0.168. The SMILES string of the molecule is O=[N+]([O-])c1cc(F)cc(N(CCO)CCO)c1. The van der Waals surface area contributed by atoms with E-state index in [1.807, 2.05) is 0 Å². The first kappa shape index (κ1) is 13.3. The summed E-state index contributed by atoms with van der Waals surface area (Å²) in [4.78, 5) is 11.3. The number of rotatable bonds is 6. The van der Waals surface area contributed by atoms with Gasteiger partial charge in [-0.3, -0.25) is 10.1 Å². The van der Waals surface area contributed by atoms with Crippen LogP contribution >= 0.6 is 0 Å². The lowest BCUT2D eigenvalue weighted by molar-refractivity contribution is -0.385. The maximum Gasteiger partial charge on any atom is 0.274 e. The highest BCUT2D eigenvalue weighted by molar-refractivity contribution is 5.53. The number of aliphatic hydroxyl groups is 2. The van der Waals surface area contributed by atoms with Crippen LogP contribution in [0.5, 0.6) is 0 Å². The van der Waals surface area contributed by atoms with Crippen molar-refractivity contribution in [1.29, 1.82) is 0 Å². The Balaban J connectivity index is 3.04. The smallest absolute Gasteiger partial charge is 0.274 e. The molecule has 0 fully saturated rings. The number of anilines is 1. The second kappa shape index (κ2) is 6.12. The maximum absolute atomic E-state index is 13.2. The number of hydrogen-bond donors (Lipinski definition) is 2. The summed E-state index contributed by atoms with van der Waals surface area (Å²) < 4.78 is 13.2. The van der Waals surface area contributed by atoms with Crippen molar-refractivity contribution in [2.45, 2.75) is 0 Å². The van der Waals surface area contributed by atoms with E-state index in [4.69, 9.17) is 10.2 Å². The molecule has 0 aliphatic carbocycles. The average Bonchev–Trinajstić information content (AvgIpc) is 2.28. The zero-order valence-corrected chi connectivity index (χ0v) is 9.04. The third-order valence-electron chi connectivity index (χ3n) is 2.18. The van der Waals surface area contributed by atoms with Crippen LogP contribution in [0.3, 0.4) is 0 Å². The number of halogens is 1. The highest BCUT2D eigenvalue weighted by atomic mass is 19.1. The molecule has 1 aromatic rings. The summed E-state index contributed by atoms with van der Waals surface area (Å²) in [5, 5.41) is 28.2. The summed E-state index contributed by atoms with van der Waals surface area (Å²) in [6.45, 7) is -0.0447. The van der Waals surface area contributed by atoms with Gasteiger partial charge >= 0.3 is 0 Å². The van der Waals surface area contributed by atoms with Gasteiger partial charge in [-0.25, -0.2) is 4.39 Å². The third-order valence-corrected chi connectivity index (χ3v) is 2.18.